The van der Waals surface area contributed by atoms with Gasteiger partial charge in [0.1, 0.15) is 0 Å². The fraction of sp³-hybridized carbons (Fsp3) is 0.538. The Balaban J connectivity index is 2.17. The Morgan fingerprint density at radius 3 is 2.94 bits per heavy atom. The van der Waals surface area contributed by atoms with E-state index in [1.807, 2.05) is 19.1 Å². The van der Waals surface area contributed by atoms with Gasteiger partial charge in [0.15, 0.2) is 11.5 Å². The quantitative estimate of drug-likeness (QED) is 0.866. The Hall–Kier alpha value is -1.26. The van der Waals surface area contributed by atoms with Crippen molar-refractivity contribution in [2.45, 2.75) is 13.0 Å². The number of hydrogen-bond donors (Lipinski definition) is 1. The molecule has 0 radical (unpaired) electrons. The highest BCUT2D eigenvalue weighted by Gasteiger charge is 2.17. The topological polar surface area (TPSA) is 39.7 Å². The summed E-state index contributed by atoms with van der Waals surface area (Å²) in [5.74, 6) is 1.56. The molecule has 0 aliphatic carbocycles. The van der Waals surface area contributed by atoms with E-state index in [1.165, 1.54) is 5.56 Å². The van der Waals surface area contributed by atoms with Gasteiger partial charge in [-0.25, -0.2) is 0 Å². The lowest BCUT2D eigenvalue weighted by atomic mass is 10.1. The van der Waals surface area contributed by atoms with Crippen molar-refractivity contribution in [1.29, 1.82) is 0 Å². The molecule has 94 valence electrons. The summed E-state index contributed by atoms with van der Waals surface area (Å²) < 4.78 is 16.3. The van der Waals surface area contributed by atoms with Gasteiger partial charge in [-0.1, -0.05) is 6.07 Å². The van der Waals surface area contributed by atoms with Crippen LogP contribution in [0.1, 0.15) is 18.5 Å². The van der Waals surface area contributed by atoms with Crippen LogP contribution in [0, 0.1) is 0 Å². The zero-order valence-electron chi connectivity index (χ0n) is 10.4. The molecule has 0 aromatic heterocycles. The van der Waals surface area contributed by atoms with Crippen molar-refractivity contribution in [2.24, 2.45) is 0 Å². The van der Waals surface area contributed by atoms with Crippen molar-refractivity contribution < 1.29 is 14.2 Å². The molecule has 17 heavy (non-hydrogen) atoms. The average molecular weight is 237 g/mol. The normalized spacial score (nSPS) is 20.0. The zero-order chi connectivity index (χ0) is 12.1. The van der Waals surface area contributed by atoms with Crippen LogP contribution in [0.25, 0.3) is 0 Å². The first-order valence-electron chi connectivity index (χ1n) is 5.97. The predicted molar refractivity (Wildman–Crippen MR) is 65.7 cm³/mol. The van der Waals surface area contributed by atoms with Crippen LogP contribution in [-0.2, 0) is 4.74 Å². The van der Waals surface area contributed by atoms with Gasteiger partial charge in [0.25, 0.3) is 0 Å². The van der Waals surface area contributed by atoms with Crippen molar-refractivity contribution in [3.8, 4) is 11.5 Å². The second-order valence-corrected chi connectivity index (χ2v) is 3.92. The monoisotopic (exact) mass is 237 g/mol. The summed E-state index contributed by atoms with van der Waals surface area (Å²) in [6, 6.07) is 6.26. The number of benzene rings is 1. The number of ether oxygens (including phenoxy) is 3. The van der Waals surface area contributed by atoms with Gasteiger partial charge in [0, 0.05) is 6.54 Å². The Morgan fingerprint density at radius 2 is 2.29 bits per heavy atom. The molecule has 1 unspecified atom stereocenters. The van der Waals surface area contributed by atoms with Gasteiger partial charge in [-0.05, 0) is 24.6 Å². The van der Waals surface area contributed by atoms with E-state index in [9.17, 15) is 0 Å². The van der Waals surface area contributed by atoms with E-state index in [0.29, 0.717) is 13.2 Å². The molecule has 1 aromatic carbocycles. The molecule has 0 saturated carbocycles. The van der Waals surface area contributed by atoms with Crippen LogP contribution >= 0.6 is 0 Å². The first-order valence-corrected chi connectivity index (χ1v) is 5.97. The average Bonchev–Trinajstić information content (AvgIpc) is 2.40. The first kappa shape index (κ1) is 12.2. The lowest BCUT2D eigenvalue weighted by molar-refractivity contribution is 0.0768. The van der Waals surface area contributed by atoms with E-state index >= 15 is 0 Å². The van der Waals surface area contributed by atoms with Gasteiger partial charge in [-0.2, -0.15) is 0 Å². The highest BCUT2D eigenvalue weighted by molar-refractivity contribution is 5.44. The van der Waals surface area contributed by atoms with Gasteiger partial charge in [-0.3, -0.25) is 0 Å². The largest absolute Gasteiger partial charge is 0.493 e. The highest BCUT2D eigenvalue weighted by atomic mass is 16.5. The van der Waals surface area contributed by atoms with E-state index in [-0.39, 0.29) is 6.04 Å². The van der Waals surface area contributed by atoms with Gasteiger partial charge >= 0.3 is 0 Å². The molecule has 0 bridgehead atoms. The van der Waals surface area contributed by atoms with Crippen LogP contribution in [0.2, 0.25) is 0 Å². The summed E-state index contributed by atoms with van der Waals surface area (Å²) in [4.78, 5) is 0. The molecule has 1 saturated heterocycles. The lowest BCUT2D eigenvalue weighted by Crippen LogP contribution is -2.34. The van der Waals surface area contributed by atoms with Crippen molar-refractivity contribution in [2.75, 3.05) is 33.5 Å². The van der Waals surface area contributed by atoms with E-state index in [1.54, 1.807) is 7.11 Å². The van der Waals surface area contributed by atoms with Crippen LogP contribution in [0.4, 0.5) is 0 Å². The highest BCUT2D eigenvalue weighted by Crippen LogP contribution is 2.30. The molecule has 0 spiro atoms. The molecule has 1 fully saturated rings. The van der Waals surface area contributed by atoms with Crippen molar-refractivity contribution in [3.63, 3.8) is 0 Å². The number of hydrogen-bond acceptors (Lipinski definition) is 4. The maximum atomic E-state index is 5.49. The summed E-state index contributed by atoms with van der Waals surface area (Å²) in [7, 11) is 1.66. The molecule has 1 aromatic rings. The van der Waals surface area contributed by atoms with E-state index in [4.69, 9.17) is 14.2 Å². The molecule has 0 amide bonds. The van der Waals surface area contributed by atoms with Crippen LogP contribution in [0.15, 0.2) is 18.2 Å². The van der Waals surface area contributed by atoms with Crippen molar-refractivity contribution in [3.05, 3.63) is 23.8 Å². The summed E-state index contributed by atoms with van der Waals surface area (Å²) in [6.45, 7) is 4.98. The predicted octanol–water partition coefficient (Wildman–Crippen LogP) is 1.75. The summed E-state index contributed by atoms with van der Waals surface area (Å²) in [5, 5.41) is 3.42. The Kier molecular flexibility index (Phi) is 4.23. The Morgan fingerprint density at radius 1 is 1.41 bits per heavy atom. The van der Waals surface area contributed by atoms with E-state index in [2.05, 4.69) is 11.4 Å². The minimum atomic E-state index is 0.244. The Bertz CT molecular complexity index is 362. The zero-order valence-corrected chi connectivity index (χ0v) is 10.4. The lowest BCUT2D eigenvalue weighted by Gasteiger charge is -2.24. The molecule has 1 aliphatic heterocycles. The van der Waals surface area contributed by atoms with Crippen LogP contribution in [0.5, 0.6) is 11.5 Å². The van der Waals surface area contributed by atoms with E-state index in [0.717, 1.165) is 24.7 Å². The summed E-state index contributed by atoms with van der Waals surface area (Å²) >= 11 is 0. The first-order chi connectivity index (χ1) is 8.35. The van der Waals surface area contributed by atoms with Gasteiger partial charge in [-0.15, -0.1) is 0 Å². The molecule has 1 atom stereocenters. The molecule has 2 rings (SSSR count). The van der Waals surface area contributed by atoms with Crippen LogP contribution < -0.4 is 14.8 Å². The van der Waals surface area contributed by atoms with Crippen molar-refractivity contribution in [1.82, 2.24) is 5.32 Å². The number of methoxy groups -OCH3 is 1. The van der Waals surface area contributed by atoms with Crippen LogP contribution in [0.3, 0.4) is 0 Å². The van der Waals surface area contributed by atoms with Crippen molar-refractivity contribution >= 4 is 0 Å². The SMILES string of the molecule is CCOc1ccc(C2COCCN2)cc1OC. The number of rotatable bonds is 4. The summed E-state index contributed by atoms with van der Waals surface area (Å²) in [6.07, 6.45) is 0. The fourth-order valence-corrected chi connectivity index (χ4v) is 1.96. The summed E-state index contributed by atoms with van der Waals surface area (Å²) in [5.41, 5.74) is 1.17. The smallest absolute Gasteiger partial charge is 0.161 e. The molecular weight excluding hydrogens is 218 g/mol. The Labute approximate surface area is 102 Å². The second kappa shape index (κ2) is 5.89. The minimum Gasteiger partial charge on any atom is -0.493 e. The molecule has 1 heterocycles. The molecule has 4 nitrogen and oxygen atoms in total. The molecule has 1 aliphatic rings. The van der Waals surface area contributed by atoms with Crippen LogP contribution in [-0.4, -0.2) is 33.5 Å². The second-order valence-electron chi connectivity index (χ2n) is 3.92. The third-order valence-electron chi connectivity index (χ3n) is 2.81. The maximum Gasteiger partial charge on any atom is 0.161 e. The molecule has 1 N–H and O–H groups in total. The fourth-order valence-electron chi connectivity index (χ4n) is 1.96. The molecule has 4 heteroatoms. The number of morpholine rings is 1. The van der Waals surface area contributed by atoms with Gasteiger partial charge in [0.2, 0.25) is 0 Å². The standard InChI is InChI=1S/C13H19NO3/c1-3-17-12-5-4-10(8-13(12)15-2)11-9-16-7-6-14-11/h4-5,8,11,14H,3,6-7,9H2,1-2H3. The van der Waals surface area contributed by atoms with Gasteiger partial charge < -0.3 is 19.5 Å². The van der Waals surface area contributed by atoms with E-state index < -0.39 is 0 Å². The third kappa shape index (κ3) is 2.90. The maximum absolute atomic E-state index is 5.49. The molecular formula is C13H19NO3. The minimum absolute atomic E-state index is 0.244. The van der Waals surface area contributed by atoms with Gasteiger partial charge in [0.05, 0.1) is 33.0 Å². The number of nitrogens with one attached hydrogen (secondary N) is 1. The third-order valence-corrected chi connectivity index (χ3v) is 2.81.